The van der Waals surface area contributed by atoms with Crippen molar-refractivity contribution >= 4 is 39.1 Å². The molecule has 3 rings (SSSR count). The lowest BCUT2D eigenvalue weighted by molar-refractivity contribution is -0.123. The maximum atomic E-state index is 12.5. The molecular formula is C21H23ClN2O4S. The number of nitrogens with zero attached hydrogens (tertiary/aromatic N) is 1. The van der Waals surface area contributed by atoms with E-state index < -0.39 is 0 Å². The first-order valence-corrected chi connectivity index (χ1v) is 10.3. The van der Waals surface area contributed by atoms with Crippen LogP contribution in [0.4, 0.5) is 0 Å². The number of benzene rings is 2. The van der Waals surface area contributed by atoms with Gasteiger partial charge in [0, 0.05) is 19.2 Å². The van der Waals surface area contributed by atoms with Crippen LogP contribution in [-0.2, 0) is 14.3 Å². The van der Waals surface area contributed by atoms with E-state index in [0.717, 1.165) is 15.8 Å². The average molecular weight is 435 g/mol. The molecule has 0 aliphatic carbocycles. The molecule has 0 saturated heterocycles. The fourth-order valence-corrected chi connectivity index (χ4v) is 3.97. The largest absolute Gasteiger partial charge is 0.431 e. The Labute approximate surface area is 178 Å². The summed E-state index contributed by atoms with van der Waals surface area (Å²) in [5.74, 6) is 0.258. The van der Waals surface area contributed by atoms with Crippen LogP contribution in [0.3, 0.4) is 0 Å². The predicted octanol–water partition coefficient (Wildman–Crippen LogP) is 4.62. The Hall–Kier alpha value is -2.19. The van der Waals surface area contributed by atoms with Crippen LogP contribution in [0, 0.1) is 0 Å². The number of nitrogens with one attached hydrogen (secondary N) is 1. The first kappa shape index (κ1) is 21.5. The summed E-state index contributed by atoms with van der Waals surface area (Å²) in [5.41, 5.74) is 1.73. The number of halogens is 1. The van der Waals surface area contributed by atoms with E-state index in [4.69, 9.17) is 25.8 Å². The number of amides is 1. The Morgan fingerprint density at radius 1 is 1.14 bits per heavy atom. The zero-order chi connectivity index (χ0) is 20.8. The lowest BCUT2D eigenvalue weighted by Crippen LogP contribution is -2.42. The number of ether oxygens (including phenoxy) is 3. The minimum atomic E-state index is -0.315. The second-order valence-corrected chi connectivity index (χ2v) is 8.03. The van der Waals surface area contributed by atoms with Crippen molar-refractivity contribution < 1.29 is 19.0 Å². The molecule has 0 spiro atoms. The van der Waals surface area contributed by atoms with E-state index in [1.807, 2.05) is 43.3 Å². The highest BCUT2D eigenvalue weighted by molar-refractivity contribution is 7.20. The summed E-state index contributed by atoms with van der Waals surface area (Å²) in [7, 11) is 3.19. The SMILES string of the molecule is COCC(COC)NC(=O)C(C)c1ccc(Oc2nc3ccc(Cl)cc3s2)cc1. The maximum absolute atomic E-state index is 12.5. The number of hydrogen-bond acceptors (Lipinski definition) is 6. The predicted molar refractivity (Wildman–Crippen MR) is 115 cm³/mol. The van der Waals surface area contributed by atoms with E-state index in [2.05, 4.69) is 10.3 Å². The molecule has 6 nitrogen and oxygen atoms in total. The minimum absolute atomic E-state index is 0.0826. The molecule has 1 heterocycles. The van der Waals surface area contributed by atoms with E-state index in [0.29, 0.717) is 29.2 Å². The van der Waals surface area contributed by atoms with Gasteiger partial charge in [-0.1, -0.05) is 35.1 Å². The Morgan fingerprint density at radius 3 is 2.48 bits per heavy atom. The van der Waals surface area contributed by atoms with Crippen LogP contribution in [0.15, 0.2) is 42.5 Å². The summed E-state index contributed by atoms with van der Waals surface area (Å²) < 4.78 is 17.1. The molecule has 0 saturated carbocycles. The van der Waals surface area contributed by atoms with Crippen molar-refractivity contribution in [3.63, 3.8) is 0 Å². The topological polar surface area (TPSA) is 69.7 Å². The Kier molecular flexibility index (Phi) is 7.44. The maximum Gasteiger partial charge on any atom is 0.279 e. The fourth-order valence-electron chi connectivity index (χ4n) is 2.86. The molecule has 1 N–H and O–H groups in total. The van der Waals surface area contributed by atoms with Crippen molar-refractivity contribution in [1.29, 1.82) is 0 Å². The van der Waals surface area contributed by atoms with Gasteiger partial charge in [0.2, 0.25) is 5.91 Å². The highest BCUT2D eigenvalue weighted by Crippen LogP contribution is 2.33. The number of hydrogen-bond donors (Lipinski definition) is 1. The van der Waals surface area contributed by atoms with Crippen molar-refractivity contribution in [3.05, 3.63) is 53.1 Å². The number of carbonyl (C=O) groups excluding carboxylic acids is 1. The molecule has 0 aliphatic heterocycles. The number of aromatic nitrogens is 1. The van der Waals surface area contributed by atoms with Gasteiger partial charge in [0.1, 0.15) is 5.75 Å². The number of thiazole rings is 1. The van der Waals surface area contributed by atoms with E-state index in [-0.39, 0.29) is 17.9 Å². The molecular weight excluding hydrogens is 412 g/mol. The van der Waals surface area contributed by atoms with E-state index in [1.165, 1.54) is 11.3 Å². The van der Waals surface area contributed by atoms with Gasteiger partial charge in [-0.15, -0.1) is 0 Å². The Morgan fingerprint density at radius 2 is 1.83 bits per heavy atom. The van der Waals surface area contributed by atoms with Crippen LogP contribution >= 0.6 is 22.9 Å². The summed E-state index contributed by atoms with van der Waals surface area (Å²) in [4.78, 5) is 17.0. The van der Waals surface area contributed by atoms with Gasteiger partial charge in [-0.2, -0.15) is 0 Å². The monoisotopic (exact) mass is 434 g/mol. The highest BCUT2D eigenvalue weighted by Gasteiger charge is 2.19. The van der Waals surface area contributed by atoms with Crippen molar-refractivity contribution in [2.75, 3.05) is 27.4 Å². The van der Waals surface area contributed by atoms with Crippen molar-refractivity contribution in [2.45, 2.75) is 18.9 Å². The van der Waals surface area contributed by atoms with Crippen LogP contribution in [0.2, 0.25) is 5.02 Å². The third kappa shape index (κ3) is 5.67. The molecule has 0 radical (unpaired) electrons. The van der Waals surface area contributed by atoms with Crippen LogP contribution in [-0.4, -0.2) is 44.4 Å². The highest BCUT2D eigenvalue weighted by atomic mass is 35.5. The molecule has 1 atom stereocenters. The standard InChI is InChI=1S/C21H23ClN2O4S/c1-13(20(25)23-16(11-26-2)12-27-3)14-4-7-17(8-5-14)28-21-24-18-9-6-15(22)10-19(18)29-21/h4-10,13,16H,11-12H2,1-3H3,(H,23,25). The van der Waals surface area contributed by atoms with Gasteiger partial charge in [-0.25, -0.2) is 4.98 Å². The second-order valence-electron chi connectivity index (χ2n) is 6.60. The summed E-state index contributed by atoms with van der Waals surface area (Å²) >= 11 is 7.45. The molecule has 154 valence electrons. The zero-order valence-corrected chi connectivity index (χ0v) is 18.0. The van der Waals surface area contributed by atoms with Gasteiger partial charge >= 0.3 is 0 Å². The summed E-state index contributed by atoms with van der Waals surface area (Å²) in [6, 6.07) is 12.8. The Bertz CT molecular complexity index is 955. The molecule has 2 aromatic carbocycles. The molecule has 3 aromatic rings. The average Bonchev–Trinajstić information content (AvgIpc) is 3.09. The third-order valence-corrected chi connectivity index (χ3v) is 5.52. The molecule has 8 heteroatoms. The van der Waals surface area contributed by atoms with Crippen molar-refractivity contribution in [2.24, 2.45) is 0 Å². The number of carbonyl (C=O) groups is 1. The number of rotatable bonds is 9. The van der Waals surface area contributed by atoms with E-state index in [9.17, 15) is 4.79 Å². The summed E-state index contributed by atoms with van der Waals surface area (Å²) in [6.07, 6.45) is 0. The summed E-state index contributed by atoms with van der Waals surface area (Å²) in [5, 5.41) is 4.16. The van der Waals surface area contributed by atoms with Crippen molar-refractivity contribution in [1.82, 2.24) is 10.3 Å². The normalized spacial score (nSPS) is 12.3. The zero-order valence-electron chi connectivity index (χ0n) is 16.5. The van der Waals surface area contributed by atoms with Crippen molar-refractivity contribution in [3.8, 4) is 10.9 Å². The first-order chi connectivity index (χ1) is 14.0. The van der Waals surface area contributed by atoms with Crippen LogP contribution < -0.4 is 10.1 Å². The minimum Gasteiger partial charge on any atom is -0.431 e. The van der Waals surface area contributed by atoms with E-state index in [1.54, 1.807) is 20.3 Å². The lowest BCUT2D eigenvalue weighted by Gasteiger charge is -2.20. The third-order valence-electron chi connectivity index (χ3n) is 4.39. The Balaban J connectivity index is 1.64. The van der Waals surface area contributed by atoms with Crippen LogP contribution in [0.1, 0.15) is 18.4 Å². The van der Waals surface area contributed by atoms with Gasteiger partial charge in [0.05, 0.1) is 35.4 Å². The smallest absolute Gasteiger partial charge is 0.279 e. The number of fused-ring (bicyclic) bond motifs is 1. The molecule has 0 bridgehead atoms. The molecule has 0 fully saturated rings. The molecule has 1 unspecified atom stereocenters. The van der Waals surface area contributed by atoms with Gasteiger partial charge in [0.15, 0.2) is 0 Å². The molecule has 0 aliphatic rings. The van der Waals surface area contributed by atoms with Crippen LogP contribution in [0.25, 0.3) is 10.2 Å². The van der Waals surface area contributed by atoms with E-state index >= 15 is 0 Å². The second kappa shape index (κ2) is 10.0. The first-order valence-electron chi connectivity index (χ1n) is 9.12. The lowest BCUT2D eigenvalue weighted by atomic mass is 10.00. The quantitative estimate of drug-likeness (QED) is 0.532. The fraction of sp³-hybridized carbons (Fsp3) is 0.333. The van der Waals surface area contributed by atoms with Gasteiger partial charge in [-0.3, -0.25) is 4.79 Å². The molecule has 29 heavy (non-hydrogen) atoms. The molecule has 1 amide bonds. The van der Waals surface area contributed by atoms with Gasteiger partial charge < -0.3 is 19.5 Å². The van der Waals surface area contributed by atoms with Gasteiger partial charge in [0.25, 0.3) is 5.19 Å². The van der Waals surface area contributed by atoms with Gasteiger partial charge in [-0.05, 0) is 42.8 Å². The summed E-state index contributed by atoms with van der Waals surface area (Å²) in [6.45, 7) is 2.65. The number of methoxy groups -OCH3 is 2. The van der Waals surface area contributed by atoms with Crippen LogP contribution in [0.5, 0.6) is 10.9 Å². The molecule has 1 aromatic heterocycles.